The van der Waals surface area contributed by atoms with Gasteiger partial charge in [0, 0.05) is 6.54 Å². The summed E-state index contributed by atoms with van der Waals surface area (Å²) in [4.78, 5) is 11.7. The predicted molar refractivity (Wildman–Crippen MR) is 96.2 cm³/mol. The molecule has 0 radical (unpaired) electrons. The summed E-state index contributed by atoms with van der Waals surface area (Å²) < 4.78 is 42.6. The predicted octanol–water partition coefficient (Wildman–Crippen LogP) is 2.15. The maximum atomic E-state index is 12.4. The fourth-order valence-electron chi connectivity index (χ4n) is 2.26. The molecule has 0 aliphatic carbocycles. The van der Waals surface area contributed by atoms with E-state index < -0.39 is 16.0 Å². The molecule has 0 atom stereocenters. The van der Waals surface area contributed by atoms with E-state index in [1.165, 1.54) is 26.4 Å². The van der Waals surface area contributed by atoms with Crippen molar-refractivity contribution in [2.45, 2.75) is 11.8 Å². The second kappa shape index (κ2) is 8.68. The summed E-state index contributed by atoms with van der Waals surface area (Å²) in [7, 11) is -1.01. The van der Waals surface area contributed by atoms with Gasteiger partial charge in [0.1, 0.15) is 6.61 Å². The number of hydrogen-bond acceptors (Lipinski definition) is 6. The van der Waals surface area contributed by atoms with E-state index in [0.29, 0.717) is 17.1 Å². The van der Waals surface area contributed by atoms with E-state index in [1.807, 2.05) is 6.07 Å². The van der Waals surface area contributed by atoms with Crippen LogP contribution < -0.4 is 14.2 Å². The molecule has 2 aromatic carbocycles. The number of para-hydroxylation sites is 2. The van der Waals surface area contributed by atoms with Crippen molar-refractivity contribution in [3.63, 3.8) is 0 Å². The van der Waals surface area contributed by atoms with E-state index >= 15 is 0 Å². The van der Waals surface area contributed by atoms with E-state index in [4.69, 9.17) is 9.47 Å². The fraction of sp³-hybridized carbons (Fsp3) is 0.278. The van der Waals surface area contributed by atoms with Crippen LogP contribution in [-0.2, 0) is 14.8 Å². The van der Waals surface area contributed by atoms with Gasteiger partial charge in [-0.1, -0.05) is 18.2 Å². The monoisotopic (exact) mass is 379 g/mol. The molecule has 2 rings (SSSR count). The van der Waals surface area contributed by atoms with Crippen molar-refractivity contribution in [3.8, 4) is 11.5 Å². The van der Waals surface area contributed by atoms with E-state index in [-0.39, 0.29) is 23.6 Å². The quantitative estimate of drug-likeness (QED) is 0.558. The number of sulfonamides is 1. The third kappa shape index (κ3) is 4.74. The van der Waals surface area contributed by atoms with Gasteiger partial charge < -0.3 is 14.2 Å². The lowest BCUT2D eigenvalue weighted by atomic mass is 10.1. The summed E-state index contributed by atoms with van der Waals surface area (Å²) in [6.45, 7) is 1.88. The smallest absolute Gasteiger partial charge is 0.338 e. The van der Waals surface area contributed by atoms with E-state index in [2.05, 4.69) is 9.46 Å². The van der Waals surface area contributed by atoms with Gasteiger partial charge in [0.25, 0.3) is 0 Å². The van der Waals surface area contributed by atoms with Crippen molar-refractivity contribution in [2.75, 3.05) is 27.4 Å². The highest BCUT2D eigenvalue weighted by Crippen LogP contribution is 2.25. The maximum absolute atomic E-state index is 12.4. The third-order valence-electron chi connectivity index (χ3n) is 3.65. The molecule has 26 heavy (non-hydrogen) atoms. The van der Waals surface area contributed by atoms with Crippen LogP contribution in [0.15, 0.2) is 47.4 Å². The summed E-state index contributed by atoms with van der Waals surface area (Å²) in [5, 5.41) is 0. The zero-order valence-electron chi connectivity index (χ0n) is 14.8. The molecule has 0 aliphatic heterocycles. The van der Waals surface area contributed by atoms with Crippen molar-refractivity contribution >= 4 is 16.0 Å². The van der Waals surface area contributed by atoms with Crippen molar-refractivity contribution in [1.29, 1.82) is 0 Å². The van der Waals surface area contributed by atoms with Gasteiger partial charge in [0.15, 0.2) is 11.5 Å². The maximum Gasteiger partial charge on any atom is 0.338 e. The lowest BCUT2D eigenvalue weighted by Crippen LogP contribution is -2.28. The number of rotatable bonds is 8. The van der Waals surface area contributed by atoms with E-state index in [0.717, 1.165) is 0 Å². The minimum Gasteiger partial charge on any atom is -0.493 e. The Labute approximate surface area is 152 Å². The number of methoxy groups -OCH3 is 2. The Morgan fingerprint density at radius 3 is 2.42 bits per heavy atom. The Morgan fingerprint density at radius 2 is 1.77 bits per heavy atom. The van der Waals surface area contributed by atoms with Gasteiger partial charge in [-0.15, -0.1) is 0 Å². The number of aryl methyl sites for hydroxylation is 1. The van der Waals surface area contributed by atoms with Crippen molar-refractivity contribution in [1.82, 2.24) is 4.72 Å². The Hall–Kier alpha value is -2.58. The fourth-order valence-corrected chi connectivity index (χ4v) is 3.30. The summed E-state index contributed by atoms with van der Waals surface area (Å²) in [6, 6.07) is 11.4. The average Bonchev–Trinajstić information content (AvgIpc) is 2.65. The molecule has 0 aliphatic rings. The number of esters is 1. The molecule has 0 heterocycles. The molecule has 0 aromatic heterocycles. The second-order valence-electron chi connectivity index (χ2n) is 5.37. The van der Waals surface area contributed by atoms with E-state index in [1.54, 1.807) is 31.2 Å². The van der Waals surface area contributed by atoms with Crippen LogP contribution in [0, 0.1) is 6.92 Å². The molecule has 1 N–H and O–H groups in total. The largest absolute Gasteiger partial charge is 0.493 e. The van der Waals surface area contributed by atoms with Crippen LogP contribution in [0.1, 0.15) is 15.9 Å². The molecular weight excluding hydrogens is 358 g/mol. The van der Waals surface area contributed by atoms with Gasteiger partial charge in [0.05, 0.1) is 24.7 Å². The van der Waals surface area contributed by atoms with Gasteiger partial charge >= 0.3 is 5.97 Å². The molecule has 0 amide bonds. The summed E-state index contributed by atoms with van der Waals surface area (Å²) in [5.41, 5.74) is 0.843. The number of carbonyl (C=O) groups excluding carboxylic acids is 1. The molecule has 0 spiro atoms. The van der Waals surface area contributed by atoms with Gasteiger partial charge in [-0.2, -0.15) is 0 Å². The topological polar surface area (TPSA) is 90.9 Å². The number of carbonyl (C=O) groups is 1. The SMILES string of the molecule is COC(=O)c1cc(S(=O)(=O)NCCOc2ccccc2OC)ccc1C. The molecule has 0 unspecified atom stereocenters. The normalized spacial score (nSPS) is 11.0. The lowest BCUT2D eigenvalue weighted by Gasteiger charge is -2.12. The Balaban J connectivity index is 2.02. The van der Waals surface area contributed by atoms with Crippen LogP contribution in [0.4, 0.5) is 0 Å². The number of hydrogen-bond donors (Lipinski definition) is 1. The van der Waals surface area contributed by atoms with Crippen LogP contribution in [-0.4, -0.2) is 41.8 Å². The van der Waals surface area contributed by atoms with Crippen molar-refractivity contribution in [3.05, 3.63) is 53.6 Å². The standard InChI is InChI=1S/C18H21NO6S/c1-13-8-9-14(12-15(13)18(20)24-3)26(21,22)19-10-11-25-17-7-5-4-6-16(17)23-2/h4-9,12,19H,10-11H2,1-3H3. The van der Waals surface area contributed by atoms with Gasteiger partial charge in [-0.05, 0) is 36.8 Å². The minimum absolute atomic E-state index is 0.0132. The van der Waals surface area contributed by atoms with Crippen molar-refractivity contribution < 1.29 is 27.4 Å². The van der Waals surface area contributed by atoms with Crippen LogP contribution >= 0.6 is 0 Å². The average molecular weight is 379 g/mol. The second-order valence-corrected chi connectivity index (χ2v) is 7.13. The number of ether oxygens (including phenoxy) is 3. The minimum atomic E-state index is -3.78. The van der Waals surface area contributed by atoms with Crippen molar-refractivity contribution in [2.24, 2.45) is 0 Å². The van der Waals surface area contributed by atoms with Gasteiger partial charge in [-0.3, -0.25) is 0 Å². The Kier molecular flexibility index (Phi) is 6.59. The molecule has 140 valence electrons. The number of nitrogens with one attached hydrogen (secondary N) is 1. The molecule has 0 saturated heterocycles. The molecule has 7 nitrogen and oxygen atoms in total. The zero-order chi connectivity index (χ0) is 19.2. The molecular formula is C18H21NO6S. The third-order valence-corrected chi connectivity index (χ3v) is 5.10. The highest BCUT2D eigenvalue weighted by Gasteiger charge is 2.18. The first kappa shape index (κ1) is 19.7. The summed E-state index contributed by atoms with van der Waals surface area (Å²) >= 11 is 0. The first-order valence-corrected chi connectivity index (χ1v) is 9.32. The molecule has 0 saturated carbocycles. The van der Waals surface area contributed by atoms with Crippen LogP contribution in [0.5, 0.6) is 11.5 Å². The lowest BCUT2D eigenvalue weighted by molar-refractivity contribution is 0.0599. The summed E-state index contributed by atoms with van der Waals surface area (Å²) in [5.74, 6) is 0.508. The first-order chi connectivity index (χ1) is 12.4. The number of benzene rings is 2. The summed E-state index contributed by atoms with van der Waals surface area (Å²) in [6.07, 6.45) is 0. The van der Waals surface area contributed by atoms with E-state index in [9.17, 15) is 13.2 Å². The Morgan fingerprint density at radius 1 is 1.08 bits per heavy atom. The van der Waals surface area contributed by atoms with Crippen LogP contribution in [0.3, 0.4) is 0 Å². The highest BCUT2D eigenvalue weighted by molar-refractivity contribution is 7.89. The highest BCUT2D eigenvalue weighted by atomic mass is 32.2. The van der Waals surface area contributed by atoms with Crippen LogP contribution in [0.2, 0.25) is 0 Å². The zero-order valence-corrected chi connectivity index (χ0v) is 15.6. The first-order valence-electron chi connectivity index (χ1n) is 7.83. The molecule has 0 bridgehead atoms. The van der Waals surface area contributed by atoms with Crippen LogP contribution in [0.25, 0.3) is 0 Å². The Bertz CT molecular complexity index is 879. The van der Waals surface area contributed by atoms with Gasteiger partial charge in [0.2, 0.25) is 10.0 Å². The molecule has 2 aromatic rings. The molecule has 0 fully saturated rings. The molecule has 8 heteroatoms. The van der Waals surface area contributed by atoms with Gasteiger partial charge in [-0.25, -0.2) is 17.9 Å².